The number of carbonyl (C=O) groups excluding carboxylic acids is 1. The number of aromatic nitrogens is 2. The smallest absolute Gasteiger partial charge is 0.154 e. The second-order valence-corrected chi connectivity index (χ2v) is 7.12. The first-order valence-corrected chi connectivity index (χ1v) is 9.69. The van der Waals surface area contributed by atoms with E-state index in [1.54, 1.807) is 0 Å². The third-order valence-electron chi connectivity index (χ3n) is 5.15. The van der Waals surface area contributed by atoms with Gasteiger partial charge in [-0.3, -0.25) is 9.48 Å². The lowest BCUT2D eigenvalue weighted by Gasteiger charge is -2.21. The predicted molar refractivity (Wildman–Crippen MR) is 107 cm³/mol. The second kappa shape index (κ2) is 8.85. The summed E-state index contributed by atoms with van der Waals surface area (Å²) in [5.41, 5.74) is 3.40. The van der Waals surface area contributed by atoms with Crippen molar-refractivity contribution in [1.82, 2.24) is 9.78 Å². The lowest BCUT2D eigenvalue weighted by Crippen LogP contribution is -2.20. The number of aldehydes is 1. The first kappa shape index (κ1) is 18.4. The minimum absolute atomic E-state index is 0.425. The molecule has 1 aromatic heterocycles. The molecule has 5 nitrogen and oxygen atoms in total. The van der Waals surface area contributed by atoms with E-state index in [0.717, 1.165) is 55.6 Å². The van der Waals surface area contributed by atoms with Gasteiger partial charge in [-0.15, -0.1) is 0 Å². The maximum Gasteiger partial charge on any atom is 0.154 e. The van der Waals surface area contributed by atoms with Crippen LogP contribution in [0, 0.1) is 5.92 Å². The van der Waals surface area contributed by atoms with Crippen LogP contribution in [-0.2, 0) is 17.9 Å². The van der Waals surface area contributed by atoms with E-state index >= 15 is 0 Å². The highest BCUT2D eigenvalue weighted by molar-refractivity contribution is 5.90. The molecular weight excluding hydrogens is 352 g/mol. The van der Waals surface area contributed by atoms with E-state index in [1.165, 1.54) is 0 Å². The predicted octanol–water partition coefficient (Wildman–Crippen LogP) is 4.37. The molecule has 0 N–H and O–H groups in total. The first-order chi connectivity index (χ1) is 13.8. The standard InChI is InChI=1S/C23H24N2O3/c26-16-22-21(7-4-8-23(22)28-17-19-5-2-1-3-6-19)20-13-24-25(15-20)14-18-9-11-27-12-10-18/h1-8,13,15-16,18H,9-12,14,17H2. The summed E-state index contributed by atoms with van der Waals surface area (Å²) in [4.78, 5) is 11.8. The Hall–Kier alpha value is -2.92. The molecule has 1 aliphatic rings. The number of hydrogen-bond donors (Lipinski definition) is 0. The summed E-state index contributed by atoms with van der Waals surface area (Å²) in [6.45, 7) is 2.96. The quantitative estimate of drug-likeness (QED) is 0.575. The van der Waals surface area contributed by atoms with E-state index in [9.17, 15) is 4.79 Å². The summed E-state index contributed by atoms with van der Waals surface area (Å²) in [6, 6.07) is 15.6. The molecule has 0 spiro atoms. The van der Waals surface area contributed by atoms with E-state index in [-0.39, 0.29) is 0 Å². The maximum atomic E-state index is 11.8. The molecule has 0 radical (unpaired) electrons. The molecule has 0 bridgehead atoms. The Bertz CT molecular complexity index is 915. The number of benzene rings is 2. The zero-order valence-electron chi connectivity index (χ0n) is 15.8. The minimum atomic E-state index is 0.425. The van der Waals surface area contributed by atoms with Gasteiger partial charge in [-0.25, -0.2) is 0 Å². The Morgan fingerprint density at radius 3 is 2.71 bits per heavy atom. The van der Waals surface area contributed by atoms with Crippen LogP contribution in [0.15, 0.2) is 60.9 Å². The van der Waals surface area contributed by atoms with Gasteiger partial charge in [-0.1, -0.05) is 42.5 Å². The largest absolute Gasteiger partial charge is 0.488 e. The SMILES string of the molecule is O=Cc1c(OCc2ccccc2)cccc1-c1cnn(CC2CCOCC2)c1. The highest BCUT2D eigenvalue weighted by atomic mass is 16.5. The zero-order chi connectivity index (χ0) is 19.2. The lowest BCUT2D eigenvalue weighted by molar-refractivity contribution is 0.0601. The first-order valence-electron chi connectivity index (χ1n) is 9.69. The van der Waals surface area contributed by atoms with Gasteiger partial charge >= 0.3 is 0 Å². The van der Waals surface area contributed by atoms with E-state index in [4.69, 9.17) is 9.47 Å². The molecule has 0 saturated carbocycles. The normalized spacial score (nSPS) is 14.7. The molecule has 2 heterocycles. The number of ether oxygens (including phenoxy) is 2. The van der Waals surface area contributed by atoms with Gasteiger partial charge in [0, 0.05) is 31.5 Å². The maximum absolute atomic E-state index is 11.8. The van der Waals surface area contributed by atoms with Gasteiger partial charge in [-0.2, -0.15) is 5.10 Å². The molecule has 1 fully saturated rings. The molecule has 0 atom stereocenters. The topological polar surface area (TPSA) is 53.3 Å². The number of carbonyl (C=O) groups is 1. The van der Waals surface area contributed by atoms with Gasteiger partial charge in [0.2, 0.25) is 0 Å². The van der Waals surface area contributed by atoms with Crippen LogP contribution in [0.4, 0.5) is 0 Å². The third kappa shape index (κ3) is 4.31. The molecule has 1 aliphatic heterocycles. The van der Waals surface area contributed by atoms with Crippen LogP contribution in [0.3, 0.4) is 0 Å². The Morgan fingerprint density at radius 2 is 1.93 bits per heavy atom. The van der Waals surface area contributed by atoms with Crippen LogP contribution in [0.25, 0.3) is 11.1 Å². The zero-order valence-corrected chi connectivity index (χ0v) is 15.8. The van der Waals surface area contributed by atoms with Crippen molar-refractivity contribution in [3.05, 3.63) is 72.1 Å². The van der Waals surface area contributed by atoms with Crippen molar-refractivity contribution in [2.24, 2.45) is 5.92 Å². The second-order valence-electron chi connectivity index (χ2n) is 7.12. The fourth-order valence-corrected chi connectivity index (χ4v) is 3.57. The van der Waals surface area contributed by atoms with Crippen LogP contribution >= 0.6 is 0 Å². The molecule has 0 amide bonds. The Labute approximate surface area is 164 Å². The van der Waals surface area contributed by atoms with Crippen LogP contribution < -0.4 is 4.74 Å². The van der Waals surface area contributed by atoms with Crippen molar-refractivity contribution in [3.63, 3.8) is 0 Å². The van der Waals surface area contributed by atoms with E-state index in [1.807, 2.05) is 65.6 Å². The van der Waals surface area contributed by atoms with E-state index < -0.39 is 0 Å². The van der Waals surface area contributed by atoms with Gasteiger partial charge in [0.15, 0.2) is 6.29 Å². The highest BCUT2D eigenvalue weighted by Crippen LogP contribution is 2.30. The molecule has 5 heteroatoms. The van der Waals surface area contributed by atoms with E-state index in [0.29, 0.717) is 23.8 Å². The summed E-state index contributed by atoms with van der Waals surface area (Å²) in [5.74, 6) is 1.18. The molecule has 2 aromatic carbocycles. The van der Waals surface area contributed by atoms with Crippen LogP contribution in [-0.4, -0.2) is 29.3 Å². The monoisotopic (exact) mass is 376 g/mol. The van der Waals surface area contributed by atoms with Crippen LogP contribution in [0.5, 0.6) is 5.75 Å². The van der Waals surface area contributed by atoms with Crippen molar-refractivity contribution < 1.29 is 14.3 Å². The highest BCUT2D eigenvalue weighted by Gasteiger charge is 2.16. The molecule has 144 valence electrons. The number of rotatable bonds is 7. The Morgan fingerprint density at radius 1 is 1.11 bits per heavy atom. The van der Waals surface area contributed by atoms with Crippen molar-refractivity contribution in [2.45, 2.75) is 26.0 Å². The molecule has 3 aromatic rings. The minimum Gasteiger partial charge on any atom is -0.488 e. The number of nitrogens with zero attached hydrogens (tertiary/aromatic N) is 2. The van der Waals surface area contributed by atoms with Gasteiger partial charge < -0.3 is 9.47 Å². The summed E-state index contributed by atoms with van der Waals surface area (Å²) in [7, 11) is 0. The Kier molecular flexibility index (Phi) is 5.83. The summed E-state index contributed by atoms with van der Waals surface area (Å²) in [5, 5.41) is 4.50. The van der Waals surface area contributed by atoms with Crippen molar-refractivity contribution in [3.8, 4) is 16.9 Å². The molecule has 0 aliphatic carbocycles. The van der Waals surface area contributed by atoms with Crippen molar-refractivity contribution in [2.75, 3.05) is 13.2 Å². The number of hydrogen-bond acceptors (Lipinski definition) is 4. The van der Waals surface area contributed by atoms with Gasteiger partial charge in [-0.05, 0) is 36.0 Å². The summed E-state index contributed by atoms with van der Waals surface area (Å²) < 4.78 is 13.3. The van der Waals surface area contributed by atoms with Crippen molar-refractivity contribution >= 4 is 6.29 Å². The molecule has 0 unspecified atom stereocenters. The van der Waals surface area contributed by atoms with Gasteiger partial charge in [0.25, 0.3) is 0 Å². The average molecular weight is 376 g/mol. The molecular formula is C23H24N2O3. The fraction of sp³-hybridized carbons (Fsp3) is 0.304. The summed E-state index contributed by atoms with van der Waals surface area (Å²) >= 11 is 0. The van der Waals surface area contributed by atoms with E-state index in [2.05, 4.69) is 5.10 Å². The van der Waals surface area contributed by atoms with Gasteiger partial charge in [0.1, 0.15) is 12.4 Å². The summed E-state index contributed by atoms with van der Waals surface area (Å²) in [6.07, 6.45) is 6.84. The molecule has 1 saturated heterocycles. The van der Waals surface area contributed by atoms with Crippen molar-refractivity contribution in [1.29, 1.82) is 0 Å². The fourth-order valence-electron chi connectivity index (χ4n) is 3.57. The van der Waals surface area contributed by atoms with Crippen LogP contribution in [0.1, 0.15) is 28.8 Å². The Balaban J connectivity index is 1.52. The molecule has 4 rings (SSSR count). The van der Waals surface area contributed by atoms with Crippen LogP contribution in [0.2, 0.25) is 0 Å². The third-order valence-corrected chi connectivity index (χ3v) is 5.15. The lowest BCUT2D eigenvalue weighted by atomic mass is 10.0. The van der Waals surface area contributed by atoms with Gasteiger partial charge in [0.05, 0.1) is 11.8 Å². The molecule has 28 heavy (non-hydrogen) atoms. The average Bonchev–Trinajstić information content (AvgIpc) is 3.21.